The van der Waals surface area contributed by atoms with Crippen LogP contribution in [0.4, 0.5) is 10.5 Å². The molecule has 0 radical (unpaired) electrons. The van der Waals surface area contributed by atoms with E-state index in [4.69, 9.17) is 25.8 Å². The van der Waals surface area contributed by atoms with Crippen LogP contribution < -0.4 is 5.32 Å². The lowest BCUT2D eigenvalue weighted by atomic mass is 9.75. The molecule has 1 atom stereocenters. The Morgan fingerprint density at radius 1 is 1.26 bits per heavy atom. The smallest absolute Gasteiger partial charge is 0.321 e. The third-order valence-electron chi connectivity index (χ3n) is 6.80. The van der Waals surface area contributed by atoms with Crippen molar-refractivity contribution >= 4 is 23.3 Å². The molecule has 2 aromatic rings. The molecule has 2 saturated heterocycles. The van der Waals surface area contributed by atoms with Gasteiger partial charge in [-0.3, -0.25) is 0 Å². The van der Waals surface area contributed by atoms with Crippen LogP contribution >= 0.6 is 11.6 Å². The monoisotopic (exact) mass is 444 g/mol. The molecule has 1 aliphatic carbocycles. The van der Waals surface area contributed by atoms with Crippen LogP contribution in [0.2, 0.25) is 5.02 Å². The Morgan fingerprint density at radius 2 is 2.10 bits per heavy atom. The van der Waals surface area contributed by atoms with E-state index in [9.17, 15) is 4.79 Å². The van der Waals surface area contributed by atoms with Gasteiger partial charge in [0.25, 0.3) is 0 Å². The molecular formula is C23H29ClN4O3. The third-order valence-corrected chi connectivity index (χ3v) is 7.04. The van der Waals surface area contributed by atoms with Crippen LogP contribution in [0.15, 0.2) is 28.8 Å². The van der Waals surface area contributed by atoms with E-state index >= 15 is 0 Å². The Bertz CT molecular complexity index is 925. The van der Waals surface area contributed by atoms with Gasteiger partial charge in [0.2, 0.25) is 5.89 Å². The Morgan fingerprint density at radius 3 is 2.87 bits per heavy atom. The van der Waals surface area contributed by atoms with Gasteiger partial charge in [-0.2, -0.15) is 4.98 Å². The topological polar surface area (TPSA) is 80.5 Å². The van der Waals surface area contributed by atoms with Gasteiger partial charge in [-0.15, -0.1) is 0 Å². The van der Waals surface area contributed by atoms with E-state index in [-0.39, 0.29) is 17.4 Å². The van der Waals surface area contributed by atoms with Crippen LogP contribution in [0.1, 0.15) is 62.6 Å². The quantitative estimate of drug-likeness (QED) is 0.703. The molecule has 2 amide bonds. The largest absolute Gasteiger partial charge is 0.381 e. The van der Waals surface area contributed by atoms with Gasteiger partial charge >= 0.3 is 6.03 Å². The lowest BCUT2D eigenvalue weighted by Gasteiger charge is -2.41. The van der Waals surface area contributed by atoms with E-state index in [0.29, 0.717) is 23.2 Å². The maximum absolute atomic E-state index is 13.0. The second-order valence-corrected chi connectivity index (χ2v) is 9.67. The molecular weight excluding hydrogens is 416 g/mol. The van der Waals surface area contributed by atoms with E-state index in [1.807, 2.05) is 17.0 Å². The molecule has 1 unspecified atom stereocenters. The number of halogens is 1. The summed E-state index contributed by atoms with van der Waals surface area (Å²) < 4.78 is 11.2. The fourth-order valence-corrected chi connectivity index (χ4v) is 5.14. The van der Waals surface area contributed by atoms with E-state index in [1.165, 1.54) is 12.8 Å². The van der Waals surface area contributed by atoms with Crippen LogP contribution in [0.25, 0.3) is 0 Å². The summed E-state index contributed by atoms with van der Waals surface area (Å²) in [5, 5.41) is 8.05. The van der Waals surface area contributed by atoms with E-state index < -0.39 is 0 Å². The molecule has 1 saturated carbocycles. The molecule has 2 aliphatic heterocycles. The Labute approximate surface area is 187 Å². The lowest BCUT2D eigenvalue weighted by molar-refractivity contribution is 0.0778. The number of carbonyl (C=O) groups is 1. The molecule has 3 heterocycles. The third kappa shape index (κ3) is 4.72. The van der Waals surface area contributed by atoms with Crippen LogP contribution in [0.5, 0.6) is 0 Å². The number of piperidine rings is 1. The number of urea groups is 1. The van der Waals surface area contributed by atoms with Crippen LogP contribution in [0.3, 0.4) is 0 Å². The predicted molar refractivity (Wildman–Crippen MR) is 117 cm³/mol. The van der Waals surface area contributed by atoms with Gasteiger partial charge in [0.05, 0.1) is 5.41 Å². The number of ether oxygens (including phenoxy) is 1. The number of amides is 2. The summed E-state index contributed by atoms with van der Waals surface area (Å²) in [6.45, 7) is 2.83. The second kappa shape index (κ2) is 8.79. The van der Waals surface area contributed by atoms with Gasteiger partial charge in [0.1, 0.15) is 0 Å². The van der Waals surface area contributed by atoms with Crippen LogP contribution in [-0.2, 0) is 10.2 Å². The van der Waals surface area contributed by atoms with Crippen molar-refractivity contribution in [2.45, 2.75) is 56.3 Å². The van der Waals surface area contributed by atoms with Crippen molar-refractivity contribution in [3.8, 4) is 0 Å². The van der Waals surface area contributed by atoms with E-state index in [1.54, 1.807) is 12.1 Å². The summed E-state index contributed by atoms with van der Waals surface area (Å²) in [5.41, 5.74) is 0.468. The number of hydrogen-bond donors (Lipinski definition) is 1. The molecule has 1 N–H and O–H groups in total. The van der Waals surface area contributed by atoms with Crippen molar-refractivity contribution in [3.05, 3.63) is 41.0 Å². The Balaban J connectivity index is 1.35. The summed E-state index contributed by atoms with van der Waals surface area (Å²) in [4.78, 5) is 19.8. The fourth-order valence-electron chi connectivity index (χ4n) is 4.95. The van der Waals surface area contributed by atoms with Crippen LogP contribution in [0, 0.1) is 5.92 Å². The highest BCUT2D eigenvalue weighted by molar-refractivity contribution is 6.30. The number of benzene rings is 1. The molecule has 0 bridgehead atoms. The highest BCUT2D eigenvalue weighted by Gasteiger charge is 2.46. The standard InChI is InChI=1S/C23H29ClN4O3/c24-18-3-1-4-19(13-18)25-22(29)28-10-2-9-23(15-28,14-16-5-6-16)21-26-20(31-27-21)17-7-11-30-12-8-17/h1,3-4,13,16-17H,2,5-12,14-15H2,(H,25,29). The maximum atomic E-state index is 13.0. The normalized spacial score (nSPS) is 24.9. The van der Waals surface area contributed by atoms with Gasteiger partial charge in [-0.1, -0.05) is 35.7 Å². The summed E-state index contributed by atoms with van der Waals surface area (Å²) in [6, 6.07) is 7.15. The molecule has 1 aromatic heterocycles. The number of nitrogens with one attached hydrogen (secondary N) is 1. The summed E-state index contributed by atoms with van der Waals surface area (Å²) in [5.74, 6) is 2.48. The Kier molecular flexibility index (Phi) is 5.89. The number of carbonyl (C=O) groups excluding carboxylic acids is 1. The maximum Gasteiger partial charge on any atom is 0.321 e. The highest BCUT2D eigenvalue weighted by atomic mass is 35.5. The number of likely N-dealkylation sites (tertiary alicyclic amines) is 1. The number of anilines is 1. The molecule has 8 heteroatoms. The van der Waals surface area contributed by atoms with Crippen molar-refractivity contribution in [2.24, 2.45) is 5.92 Å². The molecule has 3 aliphatic rings. The van der Waals surface area contributed by atoms with Gasteiger partial charge < -0.3 is 19.5 Å². The van der Waals surface area contributed by atoms with Crippen molar-refractivity contribution in [2.75, 3.05) is 31.6 Å². The molecule has 5 rings (SSSR count). The van der Waals surface area contributed by atoms with Gasteiger partial charge in [0.15, 0.2) is 5.82 Å². The number of rotatable bonds is 5. The van der Waals surface area contributed by atoms with Crippen molar-refractivity contribution in [3.63, 3.8) is 0 Å². The summed E-state index contributed by atoms with van der Waals surface area (Å²) in [7, 11) is 0. The van der Waals surface area contributed by atoms with Gasteiger partial charge in [-0.25, -0.2) is 4.79 Å². The minimum Gasteiger partial charge on any atom is -0.381 e. The zero-order valence-electron chi connectivity index (χ0n) is 17.7. The van der Waals surface area contributed by atoms with Gasteiger partial charge in [-0.05, 0) is 56.2 Å². The zero-order valence-corrected chi connectivity index (χ0v) is 18.4. The van der Waals surface area contributed by atoms with Crippen molar-refractivity contribution in [1.29, 1.82) is 0 Å². The molecule has 166 valence electrons. The van der Waals surface area contributed by atoms with E-state index in [0.717, 1.165) is 63.6 Å². The first-order valence-electron chi connectivity index (χ1n) is 11.3. The molecule has 0 spiro atoms. The van der Waals surface area contributed by atoms with Crippen molar-refractivity contribution < 1.29 is 14.1 Å². The summed E-state index contributed by atoms with van der Waals surface area (Å²) >= 11 is 6.07. The first-order valence-corrected chi connectivity index (χ1v) is 11.7. The highest BCUT2D eigenvalue weighted by Crippen LogP contribution is 2.46. The summed E-state index contributed by atoms with van der Waals surface area (Å²) in [6.07, 6.45) is 7.27. The van der Waals surface area contributed by atoms with Gasteiger partial charge in [0, 0.05) is 42.9 Å². The minimum absolute atomic E-state index is 0.102. The average molecular weight is 445 g/mol. The Hall–Kier alpha value is -2.12. The average Bonchev–Trinajstić information content (AvgIpc) is 3.44. The molecule has 31 heavy (non-hydrogen) atoms. The predicted octanol–water partition coefficient (Wildman–Crippen LogP) is 4.98. The first-order chi connectivity index (χ1) is 15.1. The SMILES string of the molecule is O=C(Nc1cccc(Cl)c1)N1CCCC(CC2CC2)(c2noc(C3CCOCC3)n2)C1. The lowest BCUT2D eigenvalue weighted by Crippen LogP contribution is -2.50. The molecule has 3 fully saturated rings. The minimum atomic E-state index is -0.238. The molecule has 1 aromatic carbocycles. The fraction of sp³-hybridized carbons (Fsp3) is 0.609. The van der Waals surface area contributed by atoms with E-state index in [2.05, 4.69) is 10.5 Å². The first kappa shape index (κ1) is 20.8. The number of aromatic nitrogens is 2. The number of hydrogen-bond acceptors (Lipinski definition) is 5. The number of nitrogens with zero attached hydrogens (tertiary/aromatic N) is 3. The van der Waals surface area contributed by atoms with Crippen molar-refractivity contribution in [1.82, 2.24) is 15.0 Å². The zero-order chi connectivity index (χ0) is 21.3. The van der Waals surface area contributed by atoms with Crippen LogP contribution in [-0.4, -0.2) is 47.4 Å². The second-order valence-electron chi connectivity index (χ2n) is 9.24. The molecule has 7 nitrogen and oxygen atoms in total.